The van der Waals surface area contributed by atoms with Crippen molar-refractivity contribution in [3.63, 3.8) is 0 Å². The van der Waals surface area contributed by atoms with Gasteiger partial charge in [0.25, 0.3) is 11.5 Å². The predicted molar refractivity (Wildman–Crippen MR) is 110 cm³/mol. The second-order valence-electron chi connectivity index (χ2n) is 6.98. The first kappa shape index (κ1) is 17.8. The van der Waals surface area contributed by atoms with Gasteiger partial charge in [-0.1, -0.05) is 11.3 Å². The van der Waals surface area contributed by atoms with E-state index in [9.17, 15) is 9.59 Å². The molecule has 0 spiro atoms. The first-order chi connectivity index (χ1) is 14.0. The van der Waals surface area contributed by atoms with Crippen molar-refractivity contribution in [2.24, 2.45) is 7.05 Å². The van der Waals surface area contributed by atoms with Crippen LogP contribution < -0.4 is 10.5 Å². The molecule has 0 N–H and O–H groups in total. The van der Waals surface area contributed by atoms with E-state index in [0.29, 0.717) is 37.5 Å². The fourth-order valence-electron chi connectivity index (χ4n) is 3.60. The summed E-state index contributed by atoms with van der Waals surface area (Å²) >= 11 is 1.55. The Kier molecular flexibility index (Phi) is 4.09. The minimum absolute atomic E-state index is 0.197. The number of thiazole rings is 1. The van der Waals surface area contributed by atoms with Gasteiger partial charge in [-0.15, -0.1) is 0 Å². The highest BCUT2D eigenvalue weighted by molar-refractivity contribution is 7.21. The number of carbonyl (C=O) groups excluding carboxylic acids is 1. The zero-order chi connectivity index (χ0) is 20.1. The summed E-state index contributed by atoms with van der Waals surface area (Å²) in [6.45, 7) is 4.09. The van der Waals surface area contributed by atoms with E-state index in [2.05, 4.69) is 19.9 Å². The third-order valence-electron chi connectivity index (χ3n) is 5.15. The number of hydrogen-bond donors (Lipinski definition) is 0. The number of furan rings is 1. The summed E-state index contributed by atoms with van der Waals surface area (Å²) in [5.41, 5.74) is 1.12. The molecule has 0 aromatic carbocycles. The van der Waals surface area contributed by atoms with Crippen LogP contribution in [-0.4, -0.2) is 56.5 Å². The highest BCUT2D eigenvalue weighted by atomic mass is 32.1. The molecule has 5 heterocycles. The van der Waals surface area contributed by atoms with Crippen LogP contribution in [0.4, 0.5) is 5.13 Å². The second kappa shape index (κ2) is 6.66. The smallest absolute Gasteiger partial charge is 0.265 e. The van der Waals surface area contributed by atoms with Gasteiger partial charge in [0.1, 0.15) is 27.8 Å². The monoisotopic (exact) mass is 410 g/mol. The topological polar surface area (TPSA) is 97.4 Å². The average Bonchev–Trinajstić information content (AvgIpc) is 3.31. The highest BCUT2D eigenvalue weighted by Gasteiger charge is 2.29. The van der Waals surface area contributed by atoms with Crippen molar-refractivity contribution in [2.75, 3.05) is 31.1 Å². The lowest BCUT2D eigenvalue weighted by Gasteiger charge is -2.34. The van der Waals surface area contributed by atoms with Gasteiger partial charge in [-0.2, -0.15) is 0 Å². The second-order valence-corrected chi connectivity index (χ2v) is 7.93. The van der Waals surface area contributed by atoms with Crippen molar-refractivity contribution in [1.29, 1.82) is 0 Å². The highest BCUT2D eigenvalue weighted by Crippen LogP contribution is 2.28. The van der Waals surface area contributed by atoms with Gasteiger partial charge in [0.05, 0.1) is 5.56 Å². The molecular formula is C19H18N6O3S. The molecule has 1 aliphatic heterocycles. The number of pyridine rings is 1. The third kappa shape index (κ3) is 2.87. The Labute approximate surface area is 169 Å². The number of amides is 1. The number of piperazine rings is 1. The van der Waals surface area contributed by atoms with Crippen molar-refractivity contribution in [3.05, 3.63) is 46.3 Å². The molecule has 5 rings (SSSR count). The van der Waals surface area contributed by atoms with Crippen LogP contribution in [0.2, 0.25) is 0 Å². The van der Waals surface area contributed by atoms with Crippen molar-refractivity contribution in [3.8, 4) is 0 Å². The molecule has 148 valence electrons. The molecule has 29 heavy (non-hydrogen) atoms. The zero-order valence-electron chi connectivity index (χ0n) is 16.0. The molecule has 0 radical (unpaired) electrons. The Balaban J connectivity index is 1.39. The molecule has 0 saturated carbocycles. The fourth-order valence-corrected chi connectivity index (χ4v) is 4.56. The zero-order valence-corrected chi connectivity index (χ0v) is 16.8. The summed E-state index contributed by atoms with van der Waals surface area (Å²) in [7, 11) is 1.61. The van der Waals surface area contributed by atoms with Crippen molar-refractivity contribution >= 4 is 43.8 Å². The van der Waals surface area contributed by atoms with E-state index in [1.54, 1.807) is 36.4 Å². The van der Waals surface area contributed by atoms with Gasteiger partial charge in [-0.3, -0.25) is 9.59 Å². The third-order valence-corrected chi connectivity index (χ3v) is 6.19. The van der Waals surface area contributed by atoms with Crippen LogP contribution in [-0.2, 0) is 7.05 Å². The van der Waals surface area contributed by atoms with Gasteiger partial charge < -0.3 is 18.8 Å². The Morgan fingerprint density at radius 1 is 1.21 bits per heavy atom. The van der Waals surface area contributed by atoms with E-state index in [1.165, 1.54) is 10.9 Å². The van der Waals surface area contributed by atoms with Crippen molar-refractivity contribution in [1.82, 2.24) is 24.4 Å². The standard InChI is InChI=1S/C19H18N6O3S/c1-11-13(14-15(28-11)21-10-23(2)17(14)26)18(27)24-6-8-25(9-7-24)19-22-12-4-3-5-20-16(12)29-19/h3-5,10H,6-9H2,1-2H3. The SMILES string of the molecule is Cc1oc2ncn(C)c(=O)c2c1C(=O)N1CCN(c2nc3cccnc3s2)CC1. The molecule has 9 nitrogen and oxygen atoms in total. The molecule has 0 unspecified atom stereocenters. The molecule has 1 aliphatic rings. The normalized spacial score (nSPS) is 14.8. The number of hydrogen-bond acceptors (Lipinski definition) is 8. The maximum absolute atomic E-state index is 13.2. The summed E-state index contributed by atoms with van der Waals surface area (Å²) in [4.78, 5) is 43.7. The van der Waals surface area contributed by atoms with Gasteiger partial charge in [0.2, 0.25) is 5.71 Å². The van der Waals surface area contributed by atoms with E-state index in [4.69, 9.17) is 4.42 Å². The first-order valence-electron chi connectivity index (χ1n) is 9.23. The number of aromatic nitrogens is 4. The summed E-state index contributed by atoms with van der Waals surface area (Å²) in [5.74, 6) is 0.220. The molecule has 0 bridgehead atoms. The molecular weight excluding hydrogens is 392 g/mol. The van der Waals surface area contributed by atoms with Crippen LogP contribution in [0, 0.1) is 6.92 Å². The van der Waals surface area contributed by atoms with Gasteiger partial charge in [-0.25, -0.2) is 15.0 Å². The summed E-state index contributed by atoms with van der Waals surface area (Å²) < 4.78 is 6.93. The number of rotatable bonds is 2. The van der Waals surface area contributed by atoms with Gasteiger partial charge in [0, 0.05) is 39.4 Å². The molecule has 4 aromatic rings. The average molecular weight is 410 g/mol. The lowest BCUT2D eigenvalue weighted by molar-refractivity contribution is 0.0746. The lowest BCUT2D eigenvalue weighted by atomic mass is 10.1. The Bertz CT molecular complexity index is 1270. The molecule has 4 aromatic heterocycles. The maximum atomic E-state index is 13.2. The Morgan fingerprint density at radius 2 is 2.00 bits per heavy atom. The minimum Gasteiger partial charge on any atom is -0.442 e. The summed E-state index contributed by atoms with van der Waals surface area (Å²) in [6, 6.07) is 3.82. The van der Waals surface area contributed by atoms with Crippen molar-refractivity contribution < 1.29 is 9.21 Å². The molecule has 0 aliphatic carbocycles. The largest absolute Gasteiger partial charge is 0.442 e. The maximum Gasteiger partial charge on any atom is 0.265 e. The summed E-state index contributed by atoms with van der Waals surface area (Å²) in [5, 5.41) is 1.16. The van der Waals surface area contributed by atoms with Crippen LogP contribution in [0.3, 0.4) is 0 Å². The van der Waals surface area contributed by atoms with Crippen LogP contribution in [0.5, 0.6) is 0 Å². The predicted octanol–water partition coefficient (Wildman–Crippen LogP) is 1.80. The quantitative estimate of drug-likeness (QED) is 0.497. The Morgan fingerprint density at radius 3 is 2.76 bits per heavy atom. The minimum atomic E-state index is -0.282. The van der Waals surface area contributed by atoms with Gasteiger partial charge in [0.15, 0.2) is 5.13 Å². The lowest BCUT2D eigenvalue weighted by Crippen LogP contribution is -2.49. The van der Waals surface area contributed by atoms with E-state index < -0.39 is 0 Å². The number of anilines is 1. The van der Waals surface area contributed by atoms with Crippen LogP contribution in [0.15, 0.2) is 33.9 Å². The van der Waals surface area contributed by atoms with Crippen LogP contribution >= 0.6 is 11.3 Å². The fraction of sp³-hybridized carbons (Fsp3) is 0.316. The molecule has 1 fully saturated rings. The number of fused-ring (bicyclic) bond motifs is 2. The Hall–Kier alpha value is -3.27. The van der Waals surface area contributed by atoms with E-state index in [1.807, 2.05) is 12.1 Å². The van der Waals surface area contributed by atoms with E-state index >= 15 is 0 Å². The van der Waals surface area contributed by atoms with Crippen molar-refractivity contribution in [2.45, 2.75) is 6.92 Å². The van der Waals surface area contributed by atoms with Gasteiger partial charge >= 0.3 is 0 Å². The molecule has 0 atom stereocenters. The first-order valence-corrected chi connectivity index (χ1v) is 10.0. The number of aryl methyl sites for hydroxylation is 2. The van der Waals surface area contributed by atoms with Crippen LogP contribution in [0.1, 0.15) is 16.1 Å². The van der Waals surface area contributed by atoms with E-state index in [-0.39, 0.29) is 22.6 Å². The molecule has 10 heteroatoms. The number of carbonyl (C=O) groups is 1. The molecule has 1 amide bonds. The van der Waals surface area contributed by atoms with E-state index in [0.717, 1.165) is 15.5 Å². The summed E-state index contributed by atoms with van der Waals surface area (Å²) in [6.07, 6.45) is 3.16. The van der Waals surface area contributed by atoms with Gasteiger partial charge in [-0.05, 0) is 19.1 Å². The van der Waals surface area contributed by atoms with Crippen LogP contribution in [0.25, 0.3) is 21.4 Å². The number of nitrogens with zero attached hydrogens (tertiary/aromatic N) is 6. The molecule has 1 saturated heterocycles.